The third-order valence-corrected chi connectivity index (χ3v) is 1.50. The van der Waals surface area contributed by atoms with Gasteiger partial charge in [0.15, 0.2) is 0 Å². The fourth-order valence-corrected chi connectivity index (χ4v) is 0.881. The maximum absolute atomic E-state index is 5.22. The first-order chi connectivity index (χ1) is 7.86. The number of hydrogen-bond donors (Lipinski definition) is 0. The van der Waals surface area contributed by atoms with Crippen LogP contribution >= 0.6 is 0 Å². The fraction of sp³-hybridized carbons (Fsp3) is 0.500. The fourth-order valence-electron chi connectivity index (χ4n) is 0.881. The van der Waals surface area contributed by atoms with Crippen LogP contribution in [0.4, 0.5) is 0 Å². The van der Waals surface area contributed by atoms with Crippen LogP contribution in [0.1, 0.15) is 59.6 Å². The van der Waals surface area contributed by atoms with Gasteiger partial charge < -0.3 is 0 Å². The summed E-state index contributed by atoms with van der Waals surface area (Å²) in [6.45, 7) is 14.1. The Morgan fingerprint density at radius 1 is 1.00 bits per heavy atom. The largest absolute Gasteiger partial charge is 0.115 e. The molecule has 0 saturated heterocycles. The van der Waals surface area contributed by atoms with Gasteiger partial charge in [-0.15, -0.1) is 6.42 Å². The summed E-state index contributed by atoms with van der Waals surface area (Å²) in [4.78, 5) is 0. The van der Waals surface area contributed by atoms with Crippen LogP contribution in [0, 0.1) is 12.3 Å². The smallest absolute Gasteiger partial charge is 0.0245 e. The topological polar surface area (TPSA) is 0 Å². The molecule has 0 N–H and O–H groups in total. The second kappa shape index (κ2) is 19.4. The molecule has 0 aliphatic rings. The van der Waals surface area contributed by atoms with Crippen LogP contribution in [0.15, 0.2) is 24.3 Å². The zero-order valence-corrected chi connectivity index (χ0v) is 12.1. The Morgan fingerprint density at radius 3 is 1.88 bits per heavy atom. The van der Waals surface area contributed by atoms with Crippen molar-refractivity contribution in [2.45, 2.75) is 54.9 Å². The van der Waals surface area contributed by atoms with E-state index in [2.05, 4.69) is 18.9 Å². The minimum absolute atomic E-state index is 0.972. The van der Waals surface area contributed by atoms with Gasteiger partial charge in [-0.3, -0.25) is 0 Å². The molecule has 1 aromatic carbocycles. The van der Waals surface area contributed by atoms with Gasteiger partial charge >= 0.3 is 0 Å². The minimum atomic E-state index is 0.972. The molecule has 0 heteroatoms. The molecule has 0 aliphatic heterocycles. The van der Waals surface area contributed by atoms with E-state index in [4.69, 9.17) is 6.42 Å². The van der Waals surface area contributed by atoms with Crippen LogP contribution in [0.2, 0.25) is 0 Å². The van der Waals surface area contributed by atoms with Gasteiger partial charge in [-0.1, -0.05) is 66.5 Å². The Kier molecular flexibility index (Phi) is 24.5. The third-order valence-electron chi connectivity index (χ3n) is 1.50. The first-order valence-electron chi connectivity index (χ1n) is 6.42. The molecule has 0 fully saturated rings. The quantitative estimate of drug-likeness (QED) is 0.563. The molecule has 0 unspecified atom stereocenters. The van der Waals surface area contributed by atoms with E-state index in [9.17, 15) is 0 Å². The zero-order valence-electron chi connectivity index (χ0n) is 12.1. The predicted molar refractivity (Wildman–Crippen MR) is 77.8 cm³/mol. The summed E-state index contributed by atoms with van der Waals surface area (Å²) in [6, 6.07) is 8.06. The highest BCUT2D eigenvalue weighted by Crippen LogP contribution is 2.03. The van der Waals surface area contributed by atoms with Crippen molar-refractivity contribution in [3.63, 3.8) is 0 Å². The SMILES string of the molecule is C#Cc1cccc(CC)c1.CC.CC.CC. The predicted octanol–water partition coefficient (Wildman–Crippen LogP) is 5.31. The number of hydrogen-bond acceptors (Lipinski definition) is 0. The second-order valence-electron chi connectivity index (χ2n) is 2.20. The maximum atomic E-state index is 5.22. The van der Waals surface area contributed by atoms with Gasteiger partial charge in [0.05, 0.1) is 0 Å². The molecule has 0 atom stereocenters. The van der Waals surface area contributed by atoms with Gasteiger partial charge in [-0.25, -0.2) is 0 Å². The maximum Gasteiger partial charge on any atom is 0.0245 e. The summed E-state index contributed by atoms with van der Waals surface area (Å²) in [6.07, 6.45) is 6.27. The molecule has 0 bridgehead atoms. The molecule has 1 rings (SSSR count). The monoisotopic (exact) mass is 220 g/mol. The average Bonchev–Trinajstić information content (AvgIpc) is 2.45. The molecule has 0 nitrogen and oxygen atoms in total. The Labute approximate surface area is 103 Å². The molecule has 0 amide bonds. The van der Waals surface area contributed by atoms with Crippen molar-refractivity contribution < 1.29 is 0 Å². The Balaban J connectivity index is -0.000000245. The van der Waals surface area contributed by atoms with E-state index < -0.39 is 0 Å². The van der Waals surface area contributed by atoms with E-state index in [1.807, 2.05) is 59.7 Å². The summed E-state index contributed by atoms with van der Waals surface area (Å²) < 4.78 is 0. The van der Waals surface area contributed by atoms with Gasteiger partial charge in [-0.05, 0) is 24.1 Å². The summed E-state index contributed by atoms with van der Waals surface area (Å²) in [5.74, 6) is 2.60. The first-order valence-corrected chi connectivity index (χ1v) is 6.42. The van der Waals surface area contributed by atoms with E-state index in [-0.39, 0.29) is 0 Å². The lowest BCUT2D eigenvalue weighted by atomic mass is 10.1. The normalized spacial score (nSPS) is 6.62. The van der Waals surface area contributed by atoms with Crippen LogP contribution in [-0.2, 0) is 6.42 Å². The molecule has 0 radical (unpaired) electrons. The van der Waals surface area contributed by atoms with E-state index in [1.165, 1.54) is 5.56 Å². The van der Waals surface area contributed by atoms with E-state index in [0.29, 0.717) is 0 Å². The number of aryl methyl sites for hydroxylation is 1. The van der Waals surface area contributed by atoms with Crippen LogP contribution in [0.3, 0.4) is 0 Å². The average molecular weight is 220 g/mol. The highest BCUT2D eigenvalue weighted by Gasteiger charge is 1.88. The van der Waals surface area contributed by atoms with Crippen molar-refractivity contribution >= 4 is 0 Å². The molecule has 0 aliphatic carbocycles. The first kappa shape index (κ1) is 20.2. The van der Waals surface area contributed by atoms with Gasteiger partial charge in [0.1, 0.15) is 0 Å². The number of benzene rings is 1. The standard InChI is InChI=1S/C10H10.3C2H6/c1-3-9-6-5-7-10(4-2)8-9;3*1-2/h1,5-8H,4H2,2H3;3*1-2H3. The van der Waals surface area contributed by atoms with Crippen LogP contribution in [0.25, 0.3) is 0 Å². The zero-order chi connectivity index (χ0) is 13.4. The Morgan fingerprint density at radius 2 is 1.50 bits per heavy atom. The van der Waals surface area contributed by atoms with Crippen molar-refractivity contribution in [2.24, 2.45) is 0 Å². The van der Waals surface area contributed by atoms with Crippen molar-refractivity contribution in [2.75, 3.05) is 0 Å². The van der Waals surface area contributed by atoms with E-state index >= 15 is 0 Å². The molecule has 92 valence electrons. The van der Waals surface area contributed by atoms with Gasteiger partial charge in [-0.2, -0.15) is 0 Å². The summed E-state index contributed by atoms with van der Waals surface area (Å²) in [7, 11) is 0. The van der Waals surface area contributed by atoms with E-state index in [1.54, 1.807) is 0 Å². The molecule has 0 heterocycles. The number of terminal acetylenes is 1. The van der Waals surface area contributed by atoms with Gasteiger partial charge in [0, 0.05) is 5.56 Å². The molecule has 16 heavy (non-hydrogen) atoms. The Bertz CT molecular complexity index is 253. The Hall–Kier alpha value is -1.22. The molecule has 0 saturated carbocycles. The molecule has 0 spiro atoms. The van der Waals surface area contributed by atoms with Gasteiger partial charge in [0.25, 0.3) is 0 Å². The lowest BCUT2D eigenvalue weighted by Gasteiger charge is -1.94. The summed E-state index contributed by atoms with van der Waals surface area (Å²) >= 11 is 0. The molecular weight excluding hydrogens is 192 g/mol. The van der Waals surface area contributed by atoms with Crippen molar-refractivity contribution in [1.82, 2.24) is 0 Å². The summed E-state index contributed by atoms with van der Waals surface area (Å²) in [5, 5.41) is 0. The van der Waals surface area contributed by atoms with E-state index in [0.717, 1.165) is 12.0 Å². The molecule has 0 aromatic heterocycles. The highest BCUT2D eigenvalue weighted by atomic mass is 13.9. The van der Waals surface area contributed by atoms with Crippen molar-refractivity contribution in [1.29, 1.82) is 0 Å². The lowest BCUT2D eigenvalue weighted by Crippen LogP contribution is -1.80. The molecular formula is C16H28. The van der Waals surface area contributed by atoms with Gasteiger partial charge in [0.2, 0.25) is 0 Å². The number of rotatable bonds is 1. The lowest BCUT2D eigenvalue weighted by molar-refractivity contribution is 1.14. The third kappa shape index (κ3) is 10.9. The molecule has 1 aromatic rings. The van der Waals surface area contributed by atoms with Crippen molar-refractivity contribution in [3.8, 4) is 12.3 Å². The highest BCUT2D eigenvalue weighted by molar-refractivity contribution is 5.35. The van der Waals surface area contributed by atoms with Crippen LogP contribution in [-0.4, -0.2) is 0 Å². The summed E-state index contributed by atoms with van der Waals surface area (Å²) in [5.41, 5.74) is 2.27. The van der Waals surface area contributed by atoms with Crippen LogP contribution in [0.5, 0.6) is 0 Å². The second-order valence-corrected chi connectivity index (χ2v) is 2.20. The van der Waals surface area contributed by atoms with Crippen molar-refractivity contribution in [3.05, 3.63) is 35.4 Å². The minimum Gasteiger partial charge on any atom is -0.115 e. The van der Waals surface area contributed by atoms with Crippen LogP contribution < -0.4 is 0 Å².